The number of ether oxygens (including phenoxy) is 3. The molecule has 0 N–H and O–H groups in total. The number of carbonyl (C=O) groups excluding carboxylic acids is 1. The molecule has 0 spiro atoms. The predicted octanol–water partition coefficient (Wildman–Crippen LogP) is 3.17. The van der Waals surface area contributed by atoms with Crippen LogP contribution in [0.3, 0.4) is 0 Å². The molecule has 0 saturated carbocycles. The smallest absolute Gasteiger partial charge is 0.331 e. The van der Waals surface area contributed by atoms with Gasteiger partial charge in [0.05, 0.1) is 13.2 Å². The molecular formula is C25H24N6O4. The van der Waals surface area contributed by atoms with Gasteiger partial charge in [0.15, 0.2) is 23.0 Å². The molecule has 3 aromatic heterocycles. The van der Waals surface area contributed by atoms with Crippen LogP contribution in [0.1, 0.15) is 30.4 Å². The van der Waals surface area contributed by atoms with Crippen molar-refractivity contribution in [2.45, 2.75) is 32.7 Å². The van der Waals surface area contributed by atoms with Gasteiger partial charge in [-0.2, -0.15) is 0 Å². The van der Waals surface area contributed by atoms with E-state index in [2.05, 4.69) is 25.5 Å². The fourth-order valence-corrected chi connectivity index (χ4v) is 3.89. The normalized spacial score (nSPS) is 12.8. The van der Waals surface area contributed by atoms with Crippen molar-refractivity contribution in [1.29, 1.82) is 0 Å². The minimum atomic E-state index is -0.425. The summed E-state index contributed by atoms with van der Waals surface area (Å²) in [6.45, 7) is 2.54. The third-order valence-corrected chi connectivity index (χ3v) is 5.60. The molecule has 5 rings (SSSR count). The molecule has 0 bridgehead atoms. The average molecular weight is 473 g/mol. The quantitative estimate of drug-likeness (QED) is 0.268. The van der Waals surface area contributed by atoms with E-state index in [1.807, 2.05) is 42.5 Å². The van der Waals surface area contributed by atoms with E-state index >= 15 is 0 Å². The standard InChI is InChI=1S/C25H24N6O4/c1-2-33-24(32)14-19(18-9-11-21-22(13-18)35-16-34-21)15-31-23(28-29-30-31)7-3-6-20-10-8-17-5-4-12-26-25(17)27-20/h4-5,8-14H,2-3,6-7,15-16H2,1H3. The Morgan fingerprint density at radius 3 is 2.97 bits per heavy atom. The first-order valence-electron chi connectivity index (χ1n) is 11.4. The summed E-state index contributed by atoms with van der Waals surface area (Å²) in [6.07, 6.45) is 5.45. The molecule has 1 aromatic carbocycles. The van der Waals surface area contributed by atoms with Crippen molar-refractivity contribution in [3.63, 3.8) is 0 Å². The monoisotopic (exact) mass is 472 g/mol. The average Bonchev–Trinajstić information content (AvgIpc) is 3.52. The molecule has 0 unspecified atom stereocenters. The van der Waals surface area contributed by atoms with Crippen LogP contribution in [0.5, 0.6) is 11.5 Å². The third kappa shape index (κ3) is 5.26. The van der Waals surface area contributed by atoms with Crippen LogP contribution in [0.15, 0.2) is 54.7 Å². The highest BCUT2D eigenvalue weighted by Crippen LogP contribution is 2.34. The molecule has 0 aliphatic carbocycles. The lowest BCUT2D eigenvalue weighted by atomic mass is 10.0. The highest BCUT2D eigenvalue weighted by Gasteiger charge is 2.17. The fraction of sp³-hybridized carbons (Fsp3) is 0.280. The van der Waals surface area contributed by atoms with Crippen molar-refractivity contribution in [1.82, 2.24) is 30.2 Å². The molecular weight excluding hydrogens is 448 g/mol. The summed E-state index contributed by atoms with van der Waals surface area (Å²) in [5.74, 6) is 1.60. The molecule has 10 heteroatoms. The maximum atomic E-state index is 12.3. The molecule has 0 radical (unpaired) electrons. The van der Waals surface area contributed by atoms with Gasteiger partial charge in [-0.3, -0.25) is 0 Å². The summed E-state index contributed by atoms with van der Waals surface area (Å²) in [4.78, 5) is 21.2. The van der Waals surface area contributed by atoms with Crippen molar-refractivity contribution < 1.29 is 19.0 Å². The zero-order valence-corrected chi connectivity index (χ0v) is 19.3. The fourth-order valence-electron chi connectivity index (χ4n) is 3.89. The summed E-state index contributed by atoms with van der Waals surface area (Å²) < 4.78 is 17.7. The molecule has 10 nitrogen and oxygen atoms in total. The Hall–Kier alpha value is -4.34. The van der Waals surface area contributed by atoms with Crippen molar-refractivity contribution in [2.24, 2.45) is 0 Å². The number of aryl methyl sites for hydroxylation is 2. The van der Waals surface area contributed by atoms with Gasteiger partial charge in [-0.05, 0) is 77.7 Å². The van der Waals surface area contributed by atoms with Crippen molar-refractivity contribution in [3.05, 3.63) is 71.8 Å². The third-order valence-electron chi connectivity index (χ3n) is 5.60. The minimum absolute atomic E-state index is 0.176. The number of fused-ring (bicyclic) bond motifs is 2. The molecule has 1 aliphatic heterocycles. The number of tetrazole rings is 1. The van der Waals surface area contributed by atoms with E-state index in [1.165, 1.54) is 6.08 Å². The van der Waals surface area contributed by atoms with Gasteiger partial charge in [-0.25, -0.2) is 19.4 Å². The lowest BCUT2D eigenvalue weighted by Crippen LogP contribution is -2.10. The first kappa shape index (κ1) is 22.5. The zero-order chi connectivity index (χ0) is 24.0. The second-order valence-electron chi connectivity index (χ2n) is 7.95. The number of nitrogens with zero attached hydrogens (tertiary/aromatic N) is 6. The lowest BCUT2D eigenvalue weighted by Gasteiger charge is -2.11. The van der Waals surface area contributed by atoms with Gasteiger partial charge >= 0.3 is 5.97 Å². The summed E-state index contributed by atoms with van der Waals surface area (Å²) >= 11 is 0. The van der Waals surface area contributed by atoms with Crippen LogP contribution < -0.4 is 9.47 Å². The van der Waals surface area contributed by atoms with Crippen LogP contribution in [-0.4, -0.2) is 49.5 Å². The predicted molar refractivity (Wildman–Crippen MR) is 127 cm³/mol. The number of esters is 1. The number of aromatic nitrogens is 6. The van der Waals surface area contributed by atoms with Crippen LogP contribution in [-0.2, 0) is 28.9 Å². The van der Waals surface area contributed by atoms with Crippen molar-refractivity contribution in [3.8, 4) is 11.5 Å². The van der Waals surface area contributed by atoms with E-state index in [4.69, 9.17) is 14.2 Å². The van der Waals surface area contributed by atoms with Gasteiger partial charge < -0.3 is 14.2 Å². The molecule has 0 atom stereocenters. The van der Waals surface area contributed by atoms with E-state index in [1.54, 1.807) is 17.8 Å². The van der Waals surface area contributed by atoms with E-state index in [0.717, 1.165) is 41.0 Å². The largest absolute Gasteiger partial charge is 0.463 e. The number of rotatable bonds is 9. The van der Waals surface area contributed by atoms with Crippen molar-refractivity contribution in [2.75, 3.05) is 13.4 Å². The summed E-state index contributed by atoms with van der Waals surface area (Å²) in [6, 6.07) is 13.5. The van der Waals surface area contributed by atoms with Crippen LogP contribution in [0.25, 0.3) is 16.6 Å². The van der Waals surface area contributed by atoms with E-state index in [0.29, 0.717) is 30.0 Å². The Labute approximate surface area is 201 Å². The van der Waals surface area contributed by atoms with Crippen LogP contribution >= 0.6 is 0 Å². The van der Waals surface area contributed by atoms with Gasteiger partial charge in [-0.1, -0.05) is 6.07 Å². The molecule has 0 fully saturated rings. The Morgan fingerprint density at radius 1 is 1.14 bits per heavy atom. The maximum absolute atomic E-state index is 12.3. The van der Waals surface area contributed by atoms with Crippen LogP contribution in [0, 0.1) is 0 Å². The molecule has 4 aromatic rings. The SMILES string of the molecule is CCOC(=O)C=C(Cn1nnnc1CCCc1ccc2cccnc2n1)c1ccc2c(c1)OCO2. The zero-order valence-electron chi connectivity index (χ0n) is 19.3. The number of pyridine rings is 2. The first-order chi connectivity index (χ1) is 17.2. The molecule has 1 aliphatic rings. The Morgan fingerprint density at radius 2 is 2.06 bits per heavy atom. The molecule has 178 valence electrons. The van der Waals surface area contributed by atoms with Crippen LogP contribution in [0.2, 0.25) is 0 Å². The first-order valence-corrected chi connectivity index (χ1v) is 11.4. The number of benzene rings is 1. The summed E-state index contributed by atoms with van der Waals surface area (Å²) in [5, 5.41) is 13.2. The number of allylic oxidation sites excluding steroid dienone is 1. The van der Waals surface area contributed by atoms with Gasteiger partial charge in [0.2, 0.25) is 6.79 Å². The van der Waals surface area contributed by atoms with E-state index in [-0.39, 0.29) is 13.4 Å². The minimum Gasteiger partial charge on any atom is -0.463 e. The number of hydrogen-bond donors (Lipinski definition) is 0. The maximum Gasteiger partial charge on any atom is 0.331 e. The molecule has 4 heterocycles. The van der Waals surface area contributed by atoms with Crippen molar-refractivity contribution >= 4 is 22.6 Å². The second-order valence-corrected chi connectivity index (χ2v) is 7.95. The summed E-state index contributed by atoms with van der Waals surface area (Å²) in [5.41, 5.74) is 3.22. The van der Waals surface area contributed by atoms with Gasteiger partial charge in [0.1, 0.15) is 0 Å². The second kappa shape index (κ2) is 10.3. The van der Waals surface area contributed by atoms with E-state index < -0.39 is 5.97 Å². The van der Waals surface area contributed by atoms with E-state index in [9.17, 15) is 4.79 Å². The Bertz CT molecular complexity index is 1380. The highest BCUT2D eigenvalue weighted by atomic mass is 16.7. The lowest BCUT2D eigenvalue weighted by molar-refractivity contribution is -0.137. The van der Waals surface area contributed by atoms with Gasteiger partial charge in [0, 0.05) is 29.8 Å². The van der Waals surface area contributed by atoms with Crippen LogP contribution in [0.4, 0.5) is 0 Å². The number of carbonyl (C=O) groups is 1. The molecule has 35 heavy (non-hydrogen) atoms. The highest BCUT2D eigenvalue weighted by molar-refractivity contribution is 5.91. The Kier molecular flexibility index (Phi) is 6.60. The van der Waals surface area contributed by atoms with Gasteiger partial charge in [-0.15, -0.1) is 5.10 Å². The molecule has 0 amide bonds. The van der Waals surface area contributed by atoms with Gasteiger partial charge in [0.25, 0.3) is 0 Å². The Balaban J connectivity index is 1.30. The molecule has 0 saturated heterocycles. The summed E-state index contributed by atoms with van der Waals surface area (Å²) in [7, 11) is 0. The topological polar surface area (TPSA) is 114 Å². The number of hydrogen-bond acceptors (Lipinski definition) is 9.